The molecule has 0 saturated carbocycles. The van der Waals surface area contributed by atoms with Gasteiger partial charge >= 0.3 is 0 Å². The molecule has 1 aromatic carbocycles. The topological polar surface area (TPSA) is 25.2 Å². The molecule has 0 radical (unpaired) electrons. The molecule has 3 heteroatoms. The summed E-state index contributed by atoms with van der Waals surface area (Å²) in [6.45, 7) is 4.32. The van der Waals surface area contributed by atoms with Crippen LogP contribution in [-0.2, 0) is 0 Å². The van der Waals surface area contributed by atoms with Crippen molar-refractivity contribution in [3.63, 3.8) is 0 Å². The molecule has 2 aromatic rings. The summed E-state index contributed by atoms with van der Waals surface area (Å²) >= 11 is 1.98. The Morgan fingerprint density at radius 2 is 2.18 bits per heavy atom. The number of hydrogen-bond donors (Lipinski definition) is 1. The SMILES string of the molecule is Cc1oc2ccccc2c1C1NC(C)CCS1. The molecule has 2 unspecified atom stereocenters. The number of nitrogens with one attached hydrogen (secondary N) is 1. The van der Waals surface area contributed by atoms with E-state index in [9.17, 15) is 0 Å². The molecule has 1 N–H and O–H groups in total. The van der Waals surface area contributed by atoms with Crippen molar-refractivity contribution < 1.29 is 4.42 Å². The molecule has 2 heterocycles. The van der Waals surface area contributed by atoms with Gasteiger partial charge in [0.15, 0.2) is 0 Å². The molecule has 3 rings (SSSR count). The van der Waals surface area contributed by atoms with Crippen LogP contribution in [0.3, 0.4) is 0 Å². The lowest BCUT2D eigenvalue weighted by Gasteiger charge is -2.28. The third kappa shape index (κ3) is 1.98. The zero-order valence-corrected chi connectivity index (χ0v) is 11.0. The molecule has 0 bridgehead atoms. The second-order valence-corrected chi connectivity index (χ2v) is 5.89. The van der Waals surface area contributed by atoms with Crippen LogP contribution >= 0.6 is 11.8 Å². The van der Waals surface area contributed by atoms with Crippen LogP contribution in [-0.4, -0.2) is 11.8 Å². The third-order valence-corrected chi connectivity index (χ3v) is 4.53. The molecule has 2 nitrogen and oxygen atoms in total. The van der Waals surface area contributed by atoms with E-state index in [0.717, 1.165) is 11.3 Å². The lowest BCUT2D eigenvalue weighted by atomic mass is 10.1. The van der Waals surface area contributed by atoms with E-state index in [-0.39, 0.29) is 0 Å². The minimum atomic E-state index is 0.377. The summed E-state index contributed by atoms with van der Waals surface area (Å²) in [5, 5.41) is 5.29. The summed E-state index contributed by atoms with van der Waals surface area (Å²) in [7, 11) is 0. The lowest BCUT2D eigenvalue weighted by Crippen LogP contribution is -2.33. The summed E-state index contributed by atoms with van der Waals surface area (Å²) in [6, 6.07) is 8.90. The number of para-hydroxylation sites is 1. The van der Waals surface area contributed by atoms with E-state index in [0.29, 0.717) is 11.4 Å². The van der Waals surface area contributed by atoms with E-state index in [4.69, 9.17) is 4.42 Å². The molecule has 0 amide bonds. The highest BCUT2D eigenvalue weighted by molar-refractivity contribution is 7.99. The summed E-state index contributed by atoms with van der Waals surface area (Å²) in [5.74, 6) is 2.27. The summed E-state index contributed by atoms with van der Waals surface area (Å²) in [5.41, 5.74) is 2.33. The van der Waals surface area contributed by atoms with Crippen molar-refractivity contribution in [1.82, 2.24) is 5.32 Å². The normalized spacial score (nSPS) is 25.3. The van der Waals surface area contributed by atoms with Crippen LogP contribution < -0.4 is 5.32 Å². The van der Waals surface area contributed by atoms with Gasteiger partial charge in [-0.15, -0.1) is 11.8 Å². The minimum absolute atomic E-state index is 0.377. The Morgan fingerprint density at radius 1 is 1.35 bits per heavy atom. The Balaban J connectivity index is 2.06. The molecular weight excluding hydrogens is 230 g/mol. The number of thioether (sulfide) groups is 1. The highest BCUT2D eigenvalue weighted by atomic mass is 32.2. The van der Waals surface area contributed by atoms with Gasteiger partial charge in [-0.05, 0) is 32.1 Å². The van der Waals surface area contributed by atoms with Crippen molar-refractivity contribution in [3.05, 3.63) is 35.6 Å². The predicted molar refractivity (Wildman–Crippen MR) is 73.4 cm³/mol. The number of benzene rings is 1. The van der Waals surface area contributed by atoms with E-state index in [1.54, 1.807) is 0 Å². The largest absolute Gasteiger partial charge is 0.461 e. The standard InChI is InChI=1S/C14H17NOS/c1-9-7-8-17-14(15-9)13-10(2)16-12-6-4-3-5-11(12)13/h3-6,9,14-15H,7-8H2,1-2H3. The lowest BCUT2D eigenvalue weighted by molar-refractivity contribution is 0.502. The number of hydrogen-bond acceptors (Lipinski definition) is 3. The Bertz CT molecular complexity index is 534. The minimum Gasteiger partial charge on any atom is -0.461 e. The molecule has 0 spiro atoms. The second kappa shape index (κ2) is 4.39. The molecule has 1 aliphatic heterocycles. The summed E-state index contributed by atoms with van der Waals surface area (Å²) in [6.07, 6.45) is 1.25. The van der Waals surface area contributed by atoms with Crippen molar-refractivity contribution >= 4 is 22.7 Å². The fourth-order valence-corrected chi connectivity index (χ4v) is 3.95. The van der Waals surface area contributed by atoms with Gasteiger partial charge in [-0.1, -0.05) is 18.2 Å². The summed E-state index contributed by atoms with van der Waals surface area (Å²) in [4.78, 5) is 0. The zero-order chi connectivity index (χ0) is 11.8. The molecular formula is C14H17NOS. The fraction of sp³-hybridized carbons (Fsp3) is 0.429. The van der Waals surface area contributed by atoms with E-state index in [1.165, 1.54) is 23.1 Å². The van der Waals surface area contributed by atoms with E-state index in [2.05, 4.69) is 31.3 Å². The van der Waals surface area contributed by atoms with Crippen LogP contribution in [0.5, 0.6) is 0 Å². The highest BCUT2D eigenvalue weighted by Crippen LogP contribution is 2.38. The van der Waals surface area contributed by atoms with Gasteiger partial charge in [-0.25, -0.2) is 0 Å². The van der Waals surface area contributed by atoms with Gasteiger partial charge in [-0.2, -0.15) is 0 Å². The molecule has 1 saturated heterocycles. The van der Waals surface area contributed by atoms with Crippen molar-refractivity contribution in [1.29, 1.82) is 0 Å². The first-order valence-corrected chi connectivity index (χ1v) is 7.16. The van der Waals surface area contributed by atoms with Crippen molar-refractivity contribution in [2.45, 2.75) is 31.7 Å². The van der Waals surface area contributed by atoms with Crippen LogP contribution in [0, 0.1) is 6.92 Å². The molecule has 1 aromatic heterocycles. The quantitative estimate of drug-likeness (QED) is 0.828. The zero-order valence-electron chi connectivity index (χ0n) is 10.2. The number of aryl methyl sites for hydroxylation is 1. The van der Waals surface area contributed by atoms with Gasteiger partial charge in [0, 0.05) is 17.0 Å². The van der Waals surface area contributed by atoms with E-state index < -0.39 is 0 Å². The first-order chi connectivity index (χ1) is 8.25. The first-order valence-electron chi connectivity index (χ1n) is 6.11. The van der Waals surface area contributed by atoms with Crippen LogP contribution in [0.4, 0.5) is 0 Å². The van der Waals surface area contributed by atoms with Crippen LogP contribution in [0.1, 0.15) is 30.0 Å². The first kappa shape index (κ1) is 11.2. The van der Waals surface area contributed by atoms with E-state index >= 15 is 0 Å². The second-order valence-electron chi connectivity index (χ2n) is 4.68. The predicted octanol–water partition coefficient (Wildman–Crippen LogP) is 3.85. The maximum atomic E-state index is 5.83. The van der Waals surface area contributed by atoms with Crippen molar-refractivity contribution in [3.8, 4) is 0 Å². The monoisotopic (exact) mass is 247 g/mol. The van der Waals surface area contributed by atoms with Gasteiger partial charge in [0.05, 0.1) is 5.37 Å². The Hall–Kier alpha value is -0.930. The highest BCUT2D eigenvalue weighted by Gasteiger charge is 2.25. The Labute approximate surface area is 106 Å². The van der Waals surface area contributed by atoms with Gasteiger partial charge in [0.2, 0.25) is 0 Å². The van der Waals surface area contributed by atoms with Gasteiger partial charge in [0.1, 0.15) is 11.3 Å². The third-order valence-electron chi connectivity index (χ3n) is 3.35. The molecule has 90 valence electrons. The average molecular weight is 247 g/mol. The van der Waals surface area contributed by atoms with Gasteiger partial charge < -0.3 is 4.42 Å². The van der Waals surface area contributed by atoms with Crippen LogP contribution in [0.25, 0.3) is 11.0 Å². The van der Waals surface area contributed by atoms with Crippen molar-refractivity contribution in [2.24, 2.45) is 0 Å². The number of fused-ring (bicyclic) bond motifs is 1. The summed E-state index contributed by atoms with van der Waals surface area (Å²) < 4.78 is 5.83. The Kier molecular flexibility index (Phi) is 2.89. The molecule has 2 atom stereocenters. The maximum absolute atomic E-state index is 5.83. The van der Waals surface area contributed by atoms with Crippen LogP contribution in [0.2, 0.25) is 0 Å². The maximum Gasteiger partial charge on any atom is 0.134 e. The average Bonchev–Trinajstić information content (AvgIpc) is 2.64. The van der Waals surface area contributed by atoms with Gasteiger partial charge in [0.25, 0.3) is 0 Å². The fourth-order valence-electron chi connectivity index (χ4n) is 2.43. The smallest absolute Gasteiger partial charge is 0.134 e. The van der Waals surface area contributed by atoms with Gasteiger partial charge in [-0.3, -0.25) is 5.32 Å². The van der Waals surface area contributed by atoms with Crippen LogP contribution in [0.15, 0.2) is 28.7 Å². The number of rotatable bonds is 1. The Morgan fingerprint density at radius 3 is 3.00 bits per heavy atom. The molecule has 17 heavy (non-hydrogen) atoms. The van der Waals surface area contributed by atoms with Crippen molar-refractivity contribution in [2.75, 3.05) is 5.75 Å². The molecule has 0 aliphatic carbocycles. The van der Waals surface area contributed by atoms with E-state index in [1.807, 2.05) is 23.9 Å². The number of furan rings is 1. The molecule has 1 fully saturated rings. The molecule has 1 aliphatic rings.